The van der Waals surface area contributed by atoms with E-state index in [0.29, 0.717) is 0 Å². The molecule has 2 bridgehead atoms. The molecule has 80 valence electrons. The Balaban J connectivity index is 2.05. The topological polar surface area (TPSA) is 12.9 Å². The van der Waals surface area contributed by atoms with Crippen LogP contribution in [0.15, 0.2) is 12.1 Å². The van der Waals surface area contributed by atoms with Gasteiger partial charge in [-0.3, -0.25) is 4.98 Å². The van der Waals surface area contributed by atoms with Crippen LogP contribution in [0.5, 0.6) is 0 Å². The Bertz CT molecular complexity index is 394. The van der Waals surface area contributed by atoms with Crippen molar-refractivity contribution in [1.82, 2.24) is 4.98 Å². The Morgan fingerprint density at radius 2 is 1.93 bits per heavy atom. The van der Waals surface area contributed by atoms with Crippen molar-refractivity contribution in [2.75, 3.05) is 0 Å². The highest BCUT2D eigenvalue weighted by Crippen LogP contribution is 2.49. The third kappa shape index (κ3) is 1.40. The summed E-state index contributed by atoms with van der Waals surface area (Å²) in [5.74, 6) is 1.77. The maximum Gasteiger partial charge on any atom is 0.0470 e. The maximum absolute atomic E-state index is 4.90. The lowest BCUT2D eigenvalue weighted by atomic mass is 9.64. The second kappa shape index (κ2) is 2.84. The van der Waals surface area contributed by atoms with Crippen molar-refractivity contribution in [2.24, 2.45) is 5.92 Å². The standard InChI is InChI=1S/C14H19N/c1-14(2,3)12-5-4-10-6-9-7-11(8-9)13(10)15-12/h4-5,9,11H,6-8H2,1-3H3. The van der Waals surface area contributed by atoms with E-state index >= 15 is 0 Å². The second-order valence-corrected chi connectivity index (χ2v) is 6.23. The van der Waals surface area contributed by atoms with Gasteiger partial charge in [0, 0.05) is 22.7 Å². The van der Waals surface area contributed by atoms with Gasteiger partial charge in [0.05, 0.1) is 0 Å². The van der Waals surface area contributed by atoms with E-state index in [2.05, 4.69) is 32.9 Å². The Morgan fingerprint density at radius 1 is 1.20 bits per heavy atom. The van der Waals surface area contributed by atoms with Crippen molar-refractivity contribution in [3.8, 4) is 0 Å². The molecule has 1 nitrogen and oxygen atoms in total. The van der Waals surface area contributed by atoms with Crippen molar-refractivity contribution < 1.29 is 0 Å². The smallest absolute Gasteiger partial charge is 0.0470 e. The molecule has 0 saturated heterocycles. The molecule has 0 aliphatic heterocycles. The summed E-state index contributed by atoms with van der Waals surface area (Å²) in [5.41, 5.74) is 4.39. The van der Waals surface area contributed by atoms with Crippen LogP contribution in [-0.2, 0) is 11.8 Å². The molecule has 0 amide bonds. The van der Waals surface area contributed by atoms with E-state index in [-0.39, 0.29) is 5.41 Å². The van der Waals surface area contributed by atoms with Crippen molar-refractivity contribution in [1.29, 1.82) is 0 Å². The number of rotatable bonds is 0. The Morgan fingerprint density at radius 3 is 2.60 bits per heavy atom. The molecule has 1 heterocycles. The highest BCUT2D eigenvalue weighted by molar-refractivity contribution is 5.34. The summed E-state index contributed by atoms with van der Waals surface area (Å²) in [6, 6.07) is 4.55. The molecular formula is C14H19N. The first-order valence-corrected chi connectivity index (χ1v) is 6.04. The van der Waals surface area contributed by atoms with E-state index in [1.54, 1.807) is 0 Å². The quantitative estimate of drug-likeness (QED) is 0.626. The fraction of sp³-hybridized carbons (Fsp3) is 0.643. The van der Waals surface area contributed by atoms with Gasteiger partial charge in [0.2, 0.25) is 0 Å². The molecule has 1 aromatic rings. The summed E-state index contributed by atoms with van der Waals surface area (Å²) in [6.45, 7) is 6.73. The first kappa shape index (κ1) is 9.38. The number of aromatic nitrogens is 1. The molecule has 0 radical (unpaired) electrons. The fourth-order valence-electron chi connectivity index (χ4n) is 2.88. The molecule has 0 N–H and O–H groups in total. The summed E-state index contributed by atoms with van der Waals surface area (Å²) in [6.07, 6.45) is 4.07. The molecule has 1 heteroatoms. The van der Waals surface area contributed by atoms with E-state index in [4.69, 9.17) is 4.98 Å². The lowest BCUT2D eigenvalue weighted by Crippen LogP contribution is -2.32. The van der Waals surface area contributed by atoms with Gasteiger partial charge in [-0.1, -0.05) is 26.8 Å². The molecule has 3 aliphatic rings. The summed E-state index contributed by atoms with van der Waals surface area (Å²) in [4.78, 5) is 4.90. The zero-order valence-corrected chi connectivity index (χ0v) is 9.88. The molecule has 3 aliphatic carbocycles. The van der Waals surface area contributed by atoms with Gasteiger partial charge >= 0.3 is 0 Å². The van der Waals surface area contributed by atoms with Gasteiger partial charge in [0.25, 0.3) is 0 Å². The van der Waals surface area contributed by atoms with Gasteiger partial charge in [-0.2, -0.15) is 0 Å². The molecule has 15 heavy (non-hydrogen) atoms. The van der Waals surface area contributed by atoms with Gasteiger partial charge in [0.15, 0.2) is 0 Å². The summed E-state index contributed by atoms with van der Waals surface area (Å²) in [7, 11) is 0. The Labute approximate surface area is 91.9 Å². The van der Waals surface area contributed by atoms with Crippen LogP contribution in [0.1, 0.15) is 56.5 Å². The highest BCUT2D eigenvalue weighted by Gasteiger charge is 2.38. The molecular weight excluding hydrogens is 182 g/mol. The third-order valence-electron chi connectivity index (χ3n) is 3.91. The summed E-state index contributed by atoms with van der Waals surface area (Å²) >= 11 is 0. The van der Waals surface area contributed by atoms with Crippen LogP contribution in [0.2, 0.25) is 0 Å². The average molecular weight is 201 g/mol. The number of hydrogen-bond acceptors (Lipinski definition) is 1. The second-order valence-electron chi connectivity index (χ2n) is 6.23. The van der Waals surface area contributed by atoms with Gasteiger partial charge < -0.3 is 0 Å². The zero-order valence-electron chi connectivity index (χ0n) is 9.88. The number of hydrogen-bond donors (Lipinski definition) is 0. The Kier molecular flexibility index (Phi) is 1.78. The third-order valence-corrected chi connectivity index (χ3v) is 3.91. The molecule has 1 saturated carbocycles. The molecule has 0 unspecified atom stereocenters. The first-order valence-electron chi connectivity index (χ1n) is 6.04. The van der Waals surface area contributed by atoms with Crippen molar-refractivity contribution >= 4 is 0 Å². The van der Waals surface area contributed by atoms with Gasteiger partial charge in [-0.25, -0.2) is 0 Å². The van der Waals surface area contributed by atoms with E-state index in [9.17, 15) is 0 Å². The minimum absolute atomic E-state index is 0.190. The predicted octanol–water partition coefficient (Wildman–Crippen LogP) is 3.43. The highest BCUT2D eigenvalue weighted by atomic mass is 14.8. The van der Waals surface area contributed by atoms with E-state index in [0.717, 1.165) is 11.8 Å². The van der Waals surface area contributed by atoms with Crippen LogP contribution in [0.3, 0.4) is 0 Å². The summed E-state index contributed by atoms with van der Waals surface area (Å²) in [5, 5.41) is 0. The van der Waals surface area contributed by atoms with E-state index < -0.39 is 0 Å². The van der Waals surface area contributed by atoms with Crippen LogP contribution < -0.4 is 0 Å². The van der Waals surface area contributed by atoms with Crippen molar-refractivity contribution in [3.05, 3.63) is 29.1 Å². The normalized spacial score (nSPS) is 28.2. The zero-order chi connectivity index (χ0) is 10.6. The molecule has 0 spiro atoms. The molecule has 4 rings (SSSR count). The van der Waals surface area contributed by atoms with Crippen LogP contribution in [0.25, 0.3) is 0 Å². The van der Waals surface area contributed by atoms with E-state index in [1.807, 2.05) is 0 Å². The average Bonchev–Trinajstić information content (AvgIpc) is 2.13. The number of pyridine rings is 1. The fourth-order valence-corrected chi connectivity index (χ4v) is 2.88. The predicted molar refractivity (Wildman–Crippen MR) is 62.1 cm³/mol. The lowest BCUT2D eigenvalue weighted by Gasteiger charge is -2.42. The Hall–Kier alpha value is -0.850. The first-order chi connectivity index (χ1) is 7.04. The van der Waals surface area contributed by atoms with Crippen LogP contribution in [0.4, 0.5) is 0 Å². The number of nitrogens with zero attached hydrogens (tertiary/aromatic N) is 1. The summed E-state index contributed by atoms with van der Waals surface area (Å²) < 4.78 is 0. The van der Waals surface area contributed by atoms with Crippen molar-refractivity contribution in [2.45, 2.75) is 51.4 Å². The largest absolute Gasteiger partial charge is 0.257 e. The minimum Gasteiger partial charge on any atom is -0.257 e. The van der Waals surface area contributed by atoms with Gasteiger partial charge in [-0.05, 0) is 36.8 Å². The van der Waals surface area contributed by atoms with Gasteiger partial charge in [-0.15, -0.1) is 0 Å². The molecule has 1 fully saturated rings. The molecule has 0 aromatic carbocycles. The van der Waals surface area contributed by atoms with Crippen molar-refractivity contribution in [3.63, 3.8) is 0 Å². The molecule has 0 atom stereocenters. The maximum atomic E-state index is 4.90. The minimum atomic E-state index is 0.190. The van der Waals surface area contributed by atoms with Gasteiger partial charge in [0.1, 0.15) is 0 Å². The van der Waals surface area contributed by atoms with Crippen LogP contribution in [0, 0.1) is 5.92 Å². The lowest BCUT2D eigenvalue weighted by molar-refractivity contribution is 0.231. The SMILES string of the molecule is CC(C)(C)c1ccc2c(n1)C1CC(C2)C1. The van der Waals surface area contributed by atoms with Crippen LogP contribution >= 0.6 is 0 Å². The van der Waals surface area contributed by atoms with E-state index in [1.165, 1.54) is 36.2 Å². The molecule has 1 aromatic heterocycles. The monoisotopic (exact) mass is 201 g/mol. The van der Waals surface area contributed by atoms with Crippen LogP contribution in [-0.4, -0.2) is 4.98 Å².